The summed E-state index contributed by atoms with van der Waals surface area (Å²) in [7, 11) is 0. The van der Waals surface area contributed by atoms with Gasteiger partial charge in [0.25, 0.3) is 0 Å². The summed E-state index contributed by atoms with van der Waals surface area (Å²) in [5, 5.41) is 15.7. The lowest BCUT2D eigenvalue weighted by atomic mass is 10.1. The molecule has 0 aromatic rings. The summed E-state index contributed by atoms with van der Waals surface area (Å²) in [5.41, 5.74) is 0. The monoisotopic (exact) mass is 213 g/mol. The van der Waals surface area contributed by atoms with Gasteiger partial charge >= 0.3 is 5.97 Å². The first-order valence-electron chi connectivity index (χ1n) is 5.71. The molecule has 15 heavy (non-hydrogen) atoms. The fraction of sp³-hybridized carbons (Fsp3) is 0.833. The zero-order valence-electron chi connectivity index (χ0n) is 9.96. The summed E-state index contributed by atoms with van der Waals surface area (Å²) < 4.78 is 0. The van der Waals surface area contributed by atoms with E-state index in [-0.39, 0.29) is 0 Å². The van der Waals surface area contributed by atoms with Gasteiger partial charge in [-0.1, -0.05) is 45.4 Å². The highest BCUT2D eigenvalue weighted by Crippen LogP contribution is 2.07. The normalized spacial score (nSPS) is 8.60. The molecule has 0 unspecified atom stereocenters. The molecule has 0 rings (SSSR count). The Kier molecular flexibility index (Phi) is 16.9. The predicted octanol–water partition coefficient (Wildman–Crippen LogP) is 3.74. The summed E-state index contributed by atoms with van der Waals surface area (Å²) in [6, 6.07) is 1.75. The molecule has 0 saturated heterocycles. The third-order valence-corrected chi connectivity index (χ3v) is 1.99. The van der Waals surface area contributed by atoms with Gasteiger partial charge in [-0.05, 0) is 6.42 Å². The molecule has 0 aliphatic rings. The third kappa shape index (κ3) is 24.6. The molecule has 0 amide bonds. The first-order valence-corrected chi connectivity index (χ1v) is 5.71. The number of carbonyl (C=O) groups is 1. The van der Waals surface area contributed by atoms with Gasteiger partial charge in [0.15, 0.2) is 0 Å². The van der Waals surface area contributed by atoms with E-state index in [1.807, 2.05) is 0 Å². The summed E-state index contributed by atoms with van der Waals surface area (Å²) in [6.07, 6.45) is 8.64. The van der Waals surface area contributed by atoms with E-state index in [4.69, 9.17) is 10.4 Å². The Balaban J connectivity index is 0. The highest BCUT2D eigenvalue weighted by molar-refractivity contribution is 5.66. The van der Waals surface area contributed by atoms with Crippen LogP contribution < -0.4 is 0 Å². The molecule has 1 N–H and O–H groups in total. The molecule has 0 saturated carbocycles. The zero-order chi connectivity index (χ0) is 11.9. The average molecular weight is 213 g/mol. The molecule has 0 aromatic carbocycles. The van der Waals surface area contributed by atoms with Crippen molar-refractivity contribution in [3.63, 3.8) is 0 Å². The van der Waals surface area contributed by atoms with E-state index < -0.39 is 5.97 Å². The smallest absolute Gasteiger partial charge is 0.303 e. The van der Waals surface area contributed by atoms with Crippen molar-refractivity contribution in [2.45, 2.75) is 65.2 Å². The number of nitrogens with zero attached hydrogens (tertiary/aromatic N) is 1. The van der Waals surface area contributed by atoms with Crippen LogP contribution in [0.2, 0.25) is 0 Å². The largest absolute Gasteiger partial charge is 0.481 e. The van der Waals surface area contributed by atoms with Crippen molar-refractivity contribution in [1.29, 1.82) is 5.26 Å². The Morgan fingerprint density at radius 2 is 1.53 bits per heavy atom. The van der Waals surface area contributed by atoms with E-state index >= 15 is 0 Å². The van der Waals surface area contributed by atoms with Gasteiger partial charge < -0.3 is 5.11 Å². The van der Waals surface area contributed by atoms with Crippen LogP contribution in [0.25, 0.3) is 0 Å². The topological polar surface area (TPSA) is 61.1 Å². The van der Waals surface area contributed by atoms with E-state index in [9.17, 15) is 4.79 Å². The maximum atomic E-state index is 10.1. The second-order valence-electron chi connectivity index (χ2n) is 3.49. The summed E-state index contributed by atoms with van der Waals surface area (Å²) in [6.45, 7) is 3.63. The molecule has 0 heterocycles. The number of rotatable bonds is 8. The molecule has 0 spiro atoms. The maximum Gasteiger partial charge on any atom is 0.303 e. The first kappa shape index (κ1) is 16.4. The Morgan fingerprint density at radius 3 is 1.93 bits per heavy atom. The van der Waals surface area contributed by atoms with Gasteiger partial charge in [-0.2, -0.15) is 5.26 Å². The van der Waals surface area contributed by atoms with E-state index in [0.29, 0.717) is 6.42 Å². The molecule has 0 aliphatic heterocycles. The van der Waals surface area contributed by atoms with Crippen molar-refractivity contribution in [3.8, 4) is 6.07 Å². The van der Waals surface area contributed by atoms with Crippen molar-refractivity contribution >= 4 is 5.97 Å². The third-order valence-electron chi connectivity index (χ3n) is 1.99. The van der Waals surface area contributed by atoms with Crippen molar-refractivity contribution in [1.82, 2.24) is 0 Å². The van der Waals surface area contributed by atoms with Gasteiger partial charge in [-0.15, -0.1) is 0 Å². The Morgan fingerprint density at radius 1 is 1.13 bits per heavy atom. The van der Waals surface area contributed by atoms with Crippen LogP contribution in [0.15, 0.2) is 0 Å². The lowest BCUT2D eigenvalue weighted by Gasteiger charge is -1.98. The van der Waals surface area contributed by atoms with Crippen LogP contribution >= 0.6 is 0 Å². The van der Waals surface area contributed by atoms with Gasteiger partial charge in [-0.25, -0.2) is 0 Å². The lowest BCUT2D eigenvalue weighted by Crippen LogP contribution is -1.93. The minimum absolute atomic E-state index is 0.341. The highest BCUT2D eigenvalue weighted by atomic mass is 16.4. The Labute approximate surface area is 93.1 Å². The predicted molar refractivity (Wildman–Crippen MR) is 61.5 cm³/mol. The molecule has 0 fully saturated rings. The molecule has 0 bridgehead atoms. The minimum Gasteiger partial charge on any atom is -0.481 e. The van der Waals surface area contributed by atoms with Crippen molar-refractivity contribution < 1.29 is 9.90 Å². The van der Waals surface area contributed by atoms with Crippen LogP contribution in [0.5, 0.6) is 0 Å². The molecule has 0 atom stereocenters. The van der Waals surface area contributed by atoms with Crippen LogP contribution in [0.3, 0.4) is 0 Å². The fourth-order valence-corrected chi connectivity index (χ4v) is 1.23. The summed E-state index contributed by atoms with van der Waals surface area (Å²) in [5.74, 6) is -0.663. The van der Waals surface area contributed by atoms with Gasteiger partial charge in [0.05, 0.1) is 6.07 Å². The van der Waals surface area contributed by atoms with Crippen molar-refractivity contribution in [2.24, 2.45) is 0 Å². The summed E-state index contributed by atoms with van der Waals surface area (Å²) in [4.78, 5) is 10.1. The lowest BCUT2D eigenvalue weighted by molar-refractivity contribution is -0.137. The molecule has 88 valence electrons. The van der Waals surface area contributed by atoms with Crippen LogP contribution in [-0.2, 0) is 4.79 Å². The van der Waals surface area contributed by atoms with Gasteiger partial charge in [0.1, 0.15) is 0 Å². The zero-order valence-corrected chi connectivity index (χ0v) is 9.96. The highest BCUT2D eigenvalue weighted by Gasteiger charge is 1.95. The standard InChI is InChI=1S/C10H20O2.C2H3N/c1-2-3-4-5-6-7-8-9-10(11)12;1-2-3/h2-9H2,1H3,(H,11,12);1H3. The molecule has 3 heteroatoms. The van der Waals surface area contributed by atoms with Gasteiger partial charge in [0, 0.05) is 13.3 Å². The molecule has 0 aliphatic carbocycles. The average Bonchev–Trinajstić information content (AvgIpc) is 2.17. The molecule has 3 nitrogen and oxygen atoms in total. The molecule has 0 aromatic heterocycles. The minimum atomic E-state index is -0.663. The summed E-state index contributed by atoms with van der Waals surface area (Å²) >= 11 is 0. The molecular formula is C12H23NO2. The van der Waals surface area contributed by atoms with Crippen molar-refractivity contribution in [2.75, 3.05) is 0 Å². The number of hydrogen-bond acceptors (Lipinski definition) is 2. The molecular weight excluding hydrogens is 190 g/mol. The number of carboxylic acids is 1. The van der Waals surface area contributed by atoms with Crippen molar-refractivity contribution in [3.05, 3.63) is 0 Å². The van der Waals surface area contributed by atoms with Crippen LogP contribution in [-0.4, -0.2) is 11.1 Å². The van der Waals surface area contributed by atoms with E-state index in [0.717, 1.165) is 12.8 Å². The van der Waals surface area contributed by atoms with Crippen LogP contribution in [0.4, 0.5) is 0 Å². The second-order valence-corrected chi connectivity index (χ2v) is 3.49. The van der Waals surface area contributed by atoms with Gasteiger partial charge in [0.2, 0.25) is 0 Å². The first-order chi connectivity index (χ1) is 7.18. The number of aliphatic carboxylic acids is 1. The van der Waals surface area contributed by atoms with E-state index in [2.05, 4.69) is 6.92 Å². The number of carboxylic acid groups (broad SMARTS) is 1. The second kappa shape index (κ2) is 15.4. The number of nitriles is 1. The van der Waals surface area contributed by atoms with Gasteiger partial charge in [-0.3, -0.25) is 4.79 Å². The quantitative estimate of drug-likeness (QED) is 0.625. The Bertz CT molecular complexity index is 173. The fourth-order valence-electron chi connectivity index (χ4n) is 1.23. The van der Waals surface area contributed by atoms with Crippen LogP contribution in [0, 0.1) is 11.3 Å². The molecule has 0 radical (unpaired) electrons. The number of hydrogen-bond donors (Lipinski definition) is 1. The number of unbranched alkanes of at least 4 members (excludes halogenated alkanes) is 6. The van der Waals surface area contributed by atoms with E-state index in [1.54, 1.807) is 6.07 Å². The SMILES string of the molecule is CC#N.CCCCCCCCCC(=O)O. The Hall–Kier alpha value is -1.04. The van der Waals surface area contributed by atoms with Crippen LogP contribution in [0.1, 0.15) is 65.2 Å². The maximum absolute atomic E-state index is 10.1. The van der Waals surface area contributed by atoms with E-state index in [1.165, 1.54) is 39.0 Å².